The number of rotatable bonds is 15. The number of carbonyl (C=O) groups excluding carboxylic acids is 2. The van der Waals surface area contributed by atoms with Gasteiger partial charge in [0.15, 0.2) is 0 Å². The van der Waals surface area contributed by atoms with Crippen LogP contribution in [0.3, 0.4) is 0 Å². The molecule has 8 heteroatoms. The maximum atomic E-state index is 14.2. The zero-order valence-electron chi connectivity index (χ0n) is 42.1. The third-order valence-corrected chi connectivity index (χ3v) is 44.3. The van der Waals surface area contributed by atoms with Crippen molar-refractivity contribution in [1.29, 1.82) is 0 Å². The Morgan fingerprint density at radius 2 is 0.778 bits per heavy atom. The zero-order valence-corrected chi connectivity index (χ0v) is 47.2. The van der Waals surface area contributed by atoms with Crippen LogP contribution >= 0.6 is 17.2 Å². The Morgan fingerprint density at radius 1 is 0.458 bits per heavy atom. The molecule has 0 saturated carbocycles. The van der Waals surface area contributed by atoms with Crippen LogP contribution in [0.2, 0.25) is 0 Å². The molecule has 2 amide bonds. The molecule has 8 aromatic carbocycles. The summed E-state index contributed by atoms with van der Waals surface area (Å²) >= 11 is -6.49. The molecule has 0 spiro atoms. The Morgan fingerprint density at radius 3 is 1.17 bits per heavy atom. The molecule has 4 unspecified atom stereocenters. The molecule has 0 aliphatic heterocycles. The van der Waals surface area contributed by atoms with Crippen molar-refractivity contribution in [2.45, 2.75) is 74.6 Å². The average Bonchev–Trinajstić information content (AvgIpc) is 4.04. The molecule has 0 heterocycles. The number of allylic oxidation sites excluding steroid dienone is 2. The fourth-order valence-electron chi connectivity index (χ4n) is 12.0. The summed E-state index contributed by atoms with van der Waals surface area (Å²) in [6.45, 7) is 12.7. The number of hydrogen-bond donors (Lipinski definition) is 2. The van der Waals surface area contributed by atoms with Crippen molar-refractivity contribution in [2.24, 2.45) is 11.8 Å². The molecular formula is C64H62BCl2HfN2O2. The molecule has 2 N–H and O–H groups in total. The summed E-state index contributed by atoms with van der Waals surface area (Å²) in [5.74, 6) is -0.292. The maximum absolute atomic E-state index is 14.2. The van der Waals surface area contributed by atoms with E-state index in [9.17, 15) is 26.7 Å². The van der Waals surface area contributed by atoms with Gasteiger partial charge in [-0.15, -0.1) is 0 Å². The van der Waals surface area contributed by atoms with E-state index in [0.717, 1.165) is 90.7 Å². The third-order valence-electron chi connectivity index (χ3n) is 16.1. The van der Waals surface area contributed by atoms with Gasteiger partial charge < -0.3 is 0 Å². The number of hydrogen-bond acceptors (Lipinski definition) is 2. The average molecular weight is 1150 g/mol. The summed E-state index contributed by atoms with van der Waals surface area (Å²) in [6, 6.07) is 60.8. The van der Waals surface area contributed by atoms with E-state index in [1.807, 2.05) is 13.8 Å². The van der Waals surface area contributed by atoms with Crippen molar-refractivity contribution in [3.05, 3.63) is 203 Å². The summed E-state index contributed by atoms with van der Waals surface area (Å²) in [6.07, 6.45) is 6.85. The van der Waals surface area contributed by atoms with E-state index in [1.165, 1.54) is 21.5 Å². The molecule has 0 saturated heterocycles. The summed E-state index contributed by atoms with van der Waals surface area (Å²) in [4.78, 5) is 28.4. The van der Waals surface area contributed by atoms with E-state index in [2.05, 4.69) is 220 Å². The first kappa shape index (κ1) is 49.8. The predicted octanol–water partition coefficient (Wildman–Crippen LogP) is 17.4. The van der Waals surface area contributed by atoms with Gasteiger partial charge in [-0.05, 0) is 0 Å². The van der Waals surface area contributed by atoms with Crippen LogP contribution in [0, 0.1) is 11.8 Å². The summed E-state index contributed by atoms with van der Waals surface area (Å²) in [7, 11) is 18.6. The minimum atomic E-state index is -6.49. The van der Waals surface area contributed by atoms with Crippen LogP contribution in [-0.4, -0.2) is 16.4 Å². The van der Waals surface area contributed by atoms with E-state index in [1.54, 1.807) is 0 Å². The van der Waals surface area contributed by atoms with Gasteiger partial charge >= 0.3 is 437 Å². The van der Waals surface area contributed by atoms with Gasteiger partial charge in [0.05, 0.1) is 0 Å². The van der Waals surface area contributed by atoms with E-state index in [0.29, 0.717) is 0 Å². The van der Waals surface area contributed by atoms with Crippen molar-refractivity contribution < 1.29 is 25.5 Å². The first-order valence-electron chi connectivity index (χ1n) is 25.9. The monoisotopic (exact) mass is 1150 g/mol. The number of fused-ring (bicyclic) bond motifs is 4. The molecule has 4 atom stereocenters. The fourth-order valence-corrected chi connectivity index (χ4v) is 41.8. The molecule has 10 rings (SSSR count). The Hall–Kier alpha value is -5.78. The van der Waals surface area contributed by atoms with Gasteiger partial charge in [-0.25, -0.2) is 0 Å². The standard InChI is InChI=1S/2C29H25.C6H11BN2O2.2ClH.Hf/c2*1-3-20(2)23-18-22-12-9-17-28(29(22)19-23)27-15-7-6-14-26(27)25-16-8-11-21-10-4-5-13-24(21)25;1-3-5(10)8-7-9-6(11)4-2;;;/h2*4-20H,3H2,1-2H3;3-4H2,1-2H3,(H-,8,9,10,11);2*1H;/q;;;;;+1/p-1. The number of halogens is 2. The van der Waals surface area contributed by atoms with Crippen LogP contribution in [0.25, 0.3) is 78.2 Å². The van der Waals surface area contributed by atoms with Gasteiger partial charge in [-0.1, -0.05) is 0 Å². The summed E-state index contributed by atoms with van der Waals surface area (Å²) in [5, 5.41) is 11.5. The summed E-state index contributed by atoms with van der Waals surface area (Å²) < 4.78 is -2.00. The van der Waals surface area contributed by atoms with Crippen molar-refractivity contribution in [3.8, 4) is 44.5 Å². The second-order valence-electron chi connectivity index (χ2n) is 20.0. The summed E-state index contributed by atoms with van der Waals surface area (Å²) in [5.41, 5.74) is 15.6. The number of benzene rings is 8. The molecule has 72 heavy (non-hydrogen) atoms. The second kappa shape index (κ2) is 20.3. The molecule has 0 bridgehead atoms. The van der Waals surface area contributed by atoms with E-state index < -0.39 is 27.8 Å². The normalized spacial score (nSPS) is 16.5. The zero-order chi connectivity index (χ0) is 50.3. The minimum absolute atomic E-state index is 0.0665. The molecule has 361 valence electrons. The molecule has 2 aliphatic carbocycles. The number of amides is 2. The Balaban J connectivity index is 1.25. The fraction of sp³-hybridized carbons (Fsp3) is 0.219. The molecule has 2 aliphatic rings. The van der Waals surface area contributed by atoms with Gasteiger partial charge in [0, 0.05) is 0 Å². The molecular weight excluding hydrogens is 1090 g/mol. The van der Waals surface area contributed by atoms with Crippen LogP contribution in [0.5, 0.6) is 0 Å². The Labute approximate surface area is 434 Å². The van der Waals surface area contributed by atoms with Crippen molar-refractivity contribution >= 4 is 67.2 Å². The van der Waals surface area contributed by atoms with Crippen molar-refractivity contribution in [1.82, 2.24) is 10.5 Å². The van der Waals surface area contributed by atoms with Crippen LogP contribution in [-0.2, 0) is 25.5 Å². The van der Waals surface area contributed by atoms with Crippen LogP contribution in [0.15, 0.2) is 181 Å². The molecule has 8 aromatic rings. The van der Waals surface area contributed by atoms with Crippen molar-refractivity contribution in [2.75, 3.05) is 0 Å². The first-order valence-corrected chi connectivity index (χ1v) is 41.0. The van der Waals surface area contributed by atoms with Gasteiger partial charge in [0.1, 0.15) is 0 Å². The van der Waals surface area contributed by atoms with Gasteiger partial charge in [-0.2, -0.15) is 0 Å². The van der Waals surface area contributed by atoms with Crippen LogP contribution in [0.4, 0.5) is 0 Å². The van der Waals surface area contributed by atoms with Gasteiger partial charge in [-0.3, -0.25) is 0 Å². The quantitative estimate of drug-likeness (QED) is 0.101. The topological polar surface area (TPSA) is 58.2 Å². The Bertz CT molecular complexity index is 3250. The Kier molecular flexibility index (Phi) is 14.0. The SMILES string of the molecule is CCC(=O)N[B](NC(=O)CC)[Hf]([Cl])([Cl])([CH]1C(C(C)CC)=Cc2c(-c3ccccc3-c3cccc4ccccc34)cccc21)[CH]1C(C(C)CC)=Cc2c(-c3ccccc3-c3cccc4ccccc34)cccc21. The first-order chi connectivity index (χ1) is 34.9. The van der Waals surface area contributed by atoms with E-state index >= 15 is 0 Å². The van der Waals surface area contributed by atoms with E-state index in [-0.39, 0.29) is 36.5 Å². The number of nitrogens with one attached hydrogen (secondary N) is 2. The van der Waals surface area contributed by atoms with Crippen molar-refractivity contribution in [3.63, 3.8) is 0 Å². The third kappa shape index (κ3) is 8.45. The van der Waals surface area contributed by atoms with Crippen LogP contribution in [0.1, 0.15) is 96.8 Å². The molecule has 0 aromatic heterocycles. The molecule has 4 nitrogen and oxygen atoms in total. The second-order valence-corrected chi connectivity index (χ2v) is 50.5. The van der Waals surface area contributed by atoms with Gasteiger partial charge in [0.25, 0.3) is 0 Å². The van der Waals surface area contributed by atoms with Crippen LogP contribution < -0.4 is 10.5 Å². The van der Waals surface area contributed by atoms with E-state index in [4.69, 9.17) is 0 Å². The molecule has 0 radical (unpaired) electrons. The molecule has 0 fully saturated rings. The van der Waals surface area contributed by atoms with Gasteiger partial charge in [0.2, 0.25) is 0 Å². The predicted molar refractivity (Wildman–Crippen MR) is 304 cm³/mol. The number of carbonyl (C=O) groups is 2.